The number of hydrogen-bond donors (Lipinski definition) is 1. The summed E-state index contributed by atoms with van der Waals surface area (Å²) in [5.41, 5.74) is 1.48. The normalized spacial score (nSPS) is 12.4. The Labute approximate surface area is 222 Å². The maximum absolute atomic E-state index is 13.6. The van der Waals surface area contributed by atoms with Crippen molar-refractivity contribution in [3.8, 4) is 0 Å². The topological polar surface area (TPSA) is 86.8 Å². The van der Waals surface area contributed by atoms with E-state index in [4.69, 9.17) is 34.8 Å². The molecule has 0 radical (unpaired) electrons. The minimum atomic E-state index is -3.86. The van der Waals surface area contributed by atoms with Gasteiger partial charge in [0, 0.05) is 28.2 Å². The molecule has 2 aromatic carbocycles. The molecule has 2 rings (SSSR count). The molecular formula is C24H30Cl3N3O4S. The lowest BCUT2D eigenvalue weighted by atomic mass is 10.1. The van der Waals surface area contributed by atoms with Gasteiger partial charge >= 0.3 is 0 Å². The van der Waals surface area contributed by atoms with Crippen molar-refractivity contribution in [1.29, 1.82) is 0 Å². The van der Waals surface area contributed by atoms with Crippen LogP contribution in [-0.2, 0) is 26.2 Å². The molecule has 0 spiro atoms. The van der Waals surface area contributed by atoms with Crippen molar-refractivity contribution in [1.82, 2.24) is 10.2 Å². The molecule has 1 N–H and O–H groups in total. The molecule has 0 bridgehead atoms. The summed E-state index contributed by atoms with van der Waals surface area (Å²) < 4.78 is 26.4. The van der Waals surface area contributed by atoms with Gasteiger partial charge in [0.2, 0.25) is 21.8 Å². The zero-order chi connectivity index (χ0) is 26.5. The van der Waals surface area contributed by atoms with Crippen molar-refractivity contribution < 1.29 is 18.0 Å². The Morgan fingerprint density at radius 1 is 1.00 bits per heavy atom. The zero-order valence-corrected chi connectivity index (χ0v) is 23.4. The second kappa shape index (κ2) is 12.3. The van der Waals surface area contributed by atoms with Crippen LogP contribution in [-0.4, -0.2) is 50.5 Å². The van der Waals surface area contributed by atoms with Crippen LogP contribution in [0.1, 0.15) is 31.9 Å². The van der Waals surface area contributed by atoms with Gasteiger partial charge in [-0.05, 0) is 55.2 Å². The highest BCUT2D eigenvalue weighted by Gasteiger charge is 2.31. The summed E-state index contributed by atoms with van der Waals surface area (Å²) in [4.78, 5) is 27.7. The van der Waals surface area contributed by atoms with Crippen LogP contribution < -0.4 is 9.62 Å². The average molecular weight is 563 g/mol. The molecule has 0 aliphatic rings. The predicted molar refractivity (Wildman–Crippen MR) is 143 cm³/mol. The molecule has 1 atom stereocenters. The van der Waals surface area contributed by atoms with Gasteiger partial charge in [-0.25, -0.2) is 8.42 Å². The number of aryl methyl sites for hydroxylation is 1. The van der Waals surface area contributed by atoms with Crippen molar-refractivity contribution in [2.45, 2.75) is 40.3 Å². The summed E-state index contributed by atoms with van der Waals surface area (Å²) >= 11 is 18.4. The summed E-state index contributed by atoms with van der Waals surface area (Å²) in [6.07, 6.45) is 1.01. The van der Waals surface area contributed by atoms with E-state index in [0.29, 0.717) is 32.7 Å². The Kier molecular flexibility index (Phi) is 10.3. The van der Waals surface area contributed by atoms with Gasteiger partial charge in [-0.1, -0.05) is 60.8 Å². The number of carbonyl (C=O) groups excluding carboxylic acids is 2. The molecule has 0 aliphatic heterocycles. The zero-order valence-electron chi connectivity index (χ0n) is 20.3. The second-order valence-electron chi connectivity index (χ2n) is 8.77. The minimum Gasteiger partial charge on any atom is -0.354 e. The molecule has 7 nitrogen and oxygen atoms in total. The first kappa shape index (κ1) is 29.2. The summed E-state index contributed by atoms with van der Waals surface area (Å²) in [6.45, 7) is 7.13. The molecule has 0 aliphatic carbocycles. The summed E-state index contributed by atoms with van der Waals surface area (Å²) in [5, 5.41) is 3.91. The fraction of sp³-hybridized carbons (Fsp3) is 0.417. The first-order valence-corrected chi connectivity index (χ1v) is 13.9. The van der Waals surface area contributed by atoms with Crippen molar-refractivity contribution in [3.05, 3.63) is 62.6 Å². The molecule has 0 saturated carbocycles. The van der Waals surface area contributed by atoms with Crippen LogP contribution >= 0.6 is 34.8 Å². The molecule has 0 heterocycles. The average Bonchev–Trinajstić information content (AvgIpc) is 2.75. The number of nitrogens with one attached hydrogen (secondary N) is 1. The van der Waals surface area contributed by atoms with Crippen molar-refractivity contribution >= 4 is 62.3 Å². The van der Waals surface area contributed by atoms with E-state index < -0.39 is 28.5 Å². The van der Waals surface area contributed by atoms with Gasteiger partial charge < -0.3 is 10.2 Å². The standard InChI is InChI=1S/C24H30Cl3N3O4S/c1-15(2)12-28-24(32)17(4)29(13-18-7-9-19(25)10-21(18)27)23(31)14-30(35(5,33)34)22-11-20(26)8-6-16(22)3/h6-11,15,17H,12-14H2,1-5H3,(H,28,32). The molecule has 11 heteroatoms. The molecule has 35 heavy (non-hydrogen) atoms. The van der Waals surface area contributed by atoms with E-state index in [1.54, 1.807) is 44.2 Å². The number of rotatable bonds is 10. The lowest BCUT2D eigenvalue weighted by Crippen LogP contribution is -2.51. The Hall–Kier alpha value is -2.00. The van der Waals surface area contributed by atoms with E-state index in [2.05, 4.69) is 5.32 Å². The van der Waals surface area contributed by atoms with Crippen LogP contribution in [0.5, 0.6) is 0 Å². The van der Waals surface area contributed by atoms with E-state index in [-0.39, 0.29) is 24.1 Å². The van der Waals surface area contributed by atoms with Crippen molar-refractivity contribution in [3.63, 3.8) is 0 Å². The number of hydrogen-bond acceptors (Lipinski definition) is 4. The molecule has 0 fully saturated rings. The Balaban J connectivity index is 2.45. The monoisotopic (exact) mass is 561 g/mol. The molecule has 0 aromatic heterocycles. The van der Waals surface area contributed by atoms with E-state index in [0.717, 1.165) is 10.6 Å². The number of sulfonamides is 1. The molecule has 2 amide bonds. The molecule has 0 saturated heterocycles. The third-order valence-electron chi connectivity index (χ3n) is 5.33. The van der Waals surface area contributed by atoms with Crippen LogP contribution in [0, 0.1) is 12.8 Å². The molecule has 1 unspecified atom stereocenters. The first-order chi connectivity index (χ1) is 16.2. The van der Waals surface area contributed by atoms with Gasteiger partial charge in [-0.2, -0.15) is 0 Å². The lowest BCUT2D eigenvalue weighted by molar-refractivity contribution is -0.139. The number of carbonyl (C=O) groups is 2. The van der Waals surface area contributed by atoms with Crippen molar-refractivity contribution in [2.24, 2.45) is 5.92 Å². The maximum atomic E-state index is 13.6. The third kappa shape index (κ3) is 8.27. The second-order valence-corrected chi connectivity index (χ2v) is 12.0. The summed E-state index contributed by atoms with van der Waals surface area (Å²) in [7, 11) is -3.86. The Morgan fingerprint density at radius 2 is 1.60 bits per heavy atom. The quantitative estimate of drug-likeness (QED) is 0.446. The van der Waals surface area contributed by atoms with E-state index in [1.165, 1.54) is 11.0 Å². The van der Waals surface area contributed by atoms with Crippen LogP contribution in [0.15, 0.2) is 36.4 Å². The largest absolute Gasteiger partial charge is 0.354 e. The van der Waals surface area contributed by atoms with Gasteiger partial charge in [0.05, 0.1) is 11.9 Å². The number of anilines is 1. The summed E-state index contributed by atoms with van der Waals surface area (Å²) in [5.74, 6) is -0.720. The maximum Gasteiger partial charge on any atom is 0.244 e. The molecule has 192 valence electrons. The number of nitrogens with zero attached hydrogens (tertiary/aromatic N) is 2. The third-order valence-corrected chi connectivity index (χ3v) is 7.28. The highest BCUT2D eigenvalue weighted by molar-refractivity contribution is 7.92. The van der Waals surface area contributed by atoms with E-state index in [1.807, 2.05) is 13.8 Å². The van der Waals surface area contributed by atoms with Gasteiger partial charge in [0.25, 0.3) is 0 Å². The SMILES string of the molecule is Cc1ccc(Cl)cc1N(CC(=O)N(Cc1ccc(Cl)cc1Cl)C(C)C(=O)NCC(C)C)S(C)(=O)=O. The molecular weight excluding hydrogens is 533 g/mol. The fourth-order valence-electron chi connectivity index (χ4n) is 3.31. The smallest absolute Gasteiger partial charge is 0.244 e. The van der Waals surface area contributed by atoms with Crippen LogP contribution in [0.2, 0.25) is 15.1 Å². The van der Waals surface area contributed by atoms with Gasteiger partial charge in [-0.15, -0.1) is 0 Å². The highest BCUT2D eigenvalue weighted by atomic mass is 35.5. The number of halogens is 3. The Bertz CT molecular complexity index is 1190. The van der Waals surface area contributed by atoms with Gasteiger partial charge in [0.15, 0.2) is 0 Å². The van der Waals surface area contributed by atoms with Crippen LogP contribution in [0.4, 0.5) is 5.69 Å². The van der Waals surface area contributed by atoms with Gasteiger partial charge in [0.1, 0.15) is 12.6 Å². The Morgan fingerprint density at radius 3 is 2.17 bits per heavy atom. The first-order valence-electron chi connectivity index (χ1n) is 11.0. The number of amides is 2. The predicted octanol–water partition coefficient (Wildman–Crippen LogP) is 4.91. The van der Waals surface area contributed by atoms with Crippen molar-refractivity contribution in [2.75, 3.05) is 23.7 Å². The van der Waals surface area contributed by atoms with E-state index in [9.17, 15) is 18.0 Å². The van der Waals surface area contributed by atoms with Crippen LogP contribution in [0.25, 0.3) is 0 Å². The van der Waals surface area contributed by atoms with Crippen LogP contribution in [0.3, 0.4) is 0 Å². The lowest BCUT2D eigenvalue weighted by Gasteiger charge is -2.32. The highest BCUT2D eigenvalue weighted by Crippen LogP contribution is 2.27. The fourth-order valence-corrected chi connectivity index (χ4v) is 4.85. The molecule has 2 aromatic rings. The number of benzene rings is 2. The summed E-state index contributed by atoms with van der Waals surface area (Å²) in [6, 6.07) is 8.75. The minimum absolute atomic E-state index is 0.0166. The van der Waals surface area contributed by atoms with E-state index >= 15 is 0 Å². The van der Waals surface area contributed by atoms with Gasteiger partial charge in [-0.3, -0.25) is 13.9 Å².